The van der Waals surface area contributed by atoms with Gasteiger partial charge in [0.15, 0.2) is 0 Å². The zero-order valence-electron chi connectivity index (χ0n) is 9.41. The number of halogens is 1. The van der Waals surface area contributed by atoms with Crippen LogP contribution in [0.15, 0.2) is 18.3 Å². The third-order valence-electron chi connectivity index (χ3n) is 3.49. The molecule has 1 aliphatic rings. The standard InChI is InChI=1S/C13H18ClN/c1-9-3-6-12(14)7-13(9)11-5-4-10(2)15-8-11/h4-5,8-9,12-13H,3,6-7H2,1-2H3. The van der Waals surface area contributed by atoms with Crippen LogP contribution in [0, 0.1) is 12.8 Å². The fourth-order valence-electron chi connectivity index (χ4n) is 2.43. The van der Waals surface area contributed by atoms with Gasteiger partial charge >= 0.3 is 0 Å². The minimum atomic E-state index is 0.354. The first-order chi connectivity index (χ1) is 7.16. The molecule has 0 aliphatic heterocycles. The molecule has 82 valence electrons. The molecule has 1 heterocycles. The minimum absolute atomic E-state index is 0.354. The van der Waals surface area contributed by atoms with E-state index in [0.717, 1.165) is 18.0 Å². The van der Waals surface area contributed by atoms with E-state index in [-0.39, 0.29) is 0 Å². The number of nitrogens with zero attached hydrogens (tertiary/aromatic N) is 1. The fraction of sp³-hybridized carbons (Fsp3) is 0.615. The minimum Gasteiger partial charge on any atom is -0.261 e. The highest BCUT2D eigenvalue weighted by Gasteiger charge is 2.27. The highest BCUT2D eigenvalue weighted by molar-refractivity contribution is 6.20. The van der Waals surface area contributed by atoms with Crippen LogP contribution in [0.3, 0.4) is 0 Å². The van der Waals surface area contributed by atoms with Crippen molar-refractivity contribution in [3.05, 3.63) is 29.6 Å². The highest BCUT2D eigenvalue weighted by Crippen LogP contribution is 2.39. The highest BCUT2D eigenvalue weighted by atomic mass is 35.5. The van der Waals surface area contributed by atoms with E-state index in [1.54, 1.807) is 0 Å². The summed E-state index contributed by atoms with van der Waals surface area (Å²) >= 11 is 6.24. The van der Waals surface area contributed by atoms with E-state index in [4.69, 9.17) is 11.6 Å². The van der Waals surface area contributed by atoms with Crippen molar-refractivity contribution in [1.82, 2.24) is 4.98 Å². The van der Waals surface area contributed by atoms with Crippen LogP contribution in [0.2, 0.25) is 0 Å². The van der Waals surface area contributed by atoms with Gasteiger partial charge in [0.1, 0.15) is 0 Å². The van der Waals surface area contributed by atoms with Gasteiger partial charge < -0.3 is 0 Å². The van der Waals surface area contributed by atoms with Crippen molar-refractivity contribution in [2.45, 2.75) is 44.4 Å². The molecule has 0 N–H and O–H groups in total. The van der Waals surface area contributed by atoms with Crippen molar-refractivity contribution in [2.24, 2.45) is 5.92 Å². The Morgan fingerprint density at radius 2 is 2.13 bits per heavy atom. The van der Waals surface area contributed by atoms with E-state index in [1.807, 2.05) is 13.1 Å². The van der Waals surface area contributed by atoms with Crippen LogP contribution in [-0.2, 0) is 0 Å². The lowest BCUT2D eigenvalue weighted by Gasteiger charge is -2.31. The predicted molar refractivity (Wildman–Crippen MR) is 64.4 cm³/mol. The van der Waals surface area contributed by atoms with Crippen molar-refractivity contribution in [3.8, 4) is 0 Å². The summed E-state index contributed by atoms with van der Waals surface area (Å²) in [6, 6.07) is 4.30. The lowest BCUT2D eigenvalue weighted by molar-refractivity contribution is 0.334. The fourth-order valence-corrected chi connectivity index (χ4v) is 2.75. The Bertz CT molecular complexity index is 320. The number of hydrogen-bond donors (Lipinski definition) is 0. The van der Waals surface area contributed by atoms with Gasteiger partial charge in [0.2, 0.25) is 0 Å². The van der Waals surface area contributed by atoms with Gasteiger partial charge in [-0.1, -0.05) is 13.0 Å². The Morgan fingerprint density at radius 1 is 1.33 bits per heavy atom. The molecule has 2 rings (SSSR count). The van der Waals surface area contributed by atoms with Gasteiger partial charge in [0.05, 0.1) is 0 Å². The van der Waals surface area contributed by atoms with Gasteiger partial charge in [-0.3, -0.25) is 4.98 Å². The van der Waals surface area contributed by atoms with Crippen LogP contribution >= 0.6 is 11.6 Å². The third-order valence-corrected chi connectivity index (χ3v) is 3.89. The lowest BCUT2D eigenvalue weighted by Crippen LogP contribution is -2.21. The van der Waals surface area contributed by atoms with E-state index in [9.17, 15) is 0 Å². The summed E-state index contributed by atoms with van der Waals surface area (Å²) in [5.41, 5.74) is 2.45. The summed E-state index contributed by atoms with van der Waals surface area (Å²) in [4.78, 5) is 4.37. The topological polar surface area (TPSA) is 12.9 Å². The molecule has 2 heteroatoms. The number of aromatic nitrogens is 1. The second kappa shape index (κ2) is 4.52. The molecule has 0 spiro atoms. The van der Waals surface area contributed by atoms with Crippen molar-refractivity contribution in [3.63, 3.8) is 0 Å². The summed E-state index contributed by atoms with van der Waals surface area (Å²) in [6.45, 7) is 4.35. The molecule has 0 saturated heterocycles. The second-order valence-corrected chi connectivity index (χ2v) is 5.34. The number of aryl methyl sites for hydroxylation is 1. The van der Waals surface area contributed by atoms with Gasteiger partial charge in [-0.2, -0.15) is 0 Å². The summed E-state index contributed by atoms with van der Waals surface area (Å²) in [5.74, 6) is 1.35. The van der Waals surface area contributed by atoms with E-state index in [1.165, 1.54) is 18.4 Å². The number of hydrogen-bond acceptors (Lipinski definition) is 1. The first-order valence-corrected chi connectivity index (χ1v) is 6.17. The smallest absolute Gasteiger partial charge is 0.0372 e. The zero-order chi connectivity index (χ0) is 10.8. The number of pyridine rings is 1. The Hall–Kier alpha value is -0.560. The molecule has 3 unspecified atom stereocenters. The normalized spacial score (nSPS) is 31.5. The summed E-state index contributed by atoms with van der Waals surface area (Å²) in [6.07, 6.45) is 5.53. The number of rotatable bonds is 1. The molecule has 1 aromatic rings. The first kappa shape index (κ1) is 10.9. The molecule has 0 amide bonds. The van der Waals surface area contributed by atoms with Crippen LogP contribution in [-0.4, -0.2) is 10.4 Å². The maximum absolute atomic E-state index is 6.24. The monoisotopic (exact) mass is 223 g/mol. The summed E-state index contributed by atoms with van der Waals surface area (Å²) < 4.78 is 0. The molecular formula is C13H18ClN. The van der Waals surface area contributed by atoms with Crippen LogP contribution in [0.4, 0.5) is 0 Å². The first-order valence-electron chi connectivity index (χ1n) is 5.73. The maximum atomic E-state index is 6.24. The quantitative estimate of drug-likeness (QED) is 0.658. The molecule has 1 saturated carbocycles. The molecule has 3 atom stereocenters. The second-order valence-electron chi connectivity index (χ2n) is 4.73. The van der Waals surface area contributed by atoms with Gasteiger partial charge in [-0.25, -0.2) is 0 Å². The Labute approximate surface area is 96.9 Å². The molecule has 1 aliphatic carbocycles. The van der Waals surface area contributed by atoms with E-state index in [0.29, 0.717) is 11.3 Å². The van der Waals surface area contributed by atoms with Crippen molar-refractivity contribution < 1.29 is 0 Å². The van der Waals surface area contributed by atoms with Crippen LogP contribution in [0.25, 0.3) is 0 Å². The molecule has 0 aromatic carbocycles. The largest absolute Gasteiger partial charge is 0.261 e. The summed E-state index contributed by atoms with van der Waals surface area (Å²) in [5, 5.41) is 0.354. The van der Waals surface area contributed by atoms with Gasteiger partial charge in [0, 0.05) is 17.3 Å². The van der Waals surface area contributed by atoms with E-state index >= 15 is 0 Å². The van der Waals surface area contributed by atoms with Crippen molar-refractivity contribution >= 4 is 11.6 Å². The van der Waals surface area contributed by atoms with Crippen LogP contribution in [0.1, 0.15) is 43.4 Å². The van der Waals surface area contributed by atoms with E-state index < -0.39 is 0 Å². The molecule has 0 radical (unpaired) electrons. The van der Waals surface area contributed by atoms with Gasteiger partial charge in [-0.05, 0) is 49.7 Å². The average molecular weight is 224 g/mol. The molecular weight excluding hydrogens is 206 g/mol. The zero-order valence-corrected chi connectivity index (χ0v) is 10.2. The molecule has 1 fully saturated rings. The molecule has 0 bridgehead atoms. The van der Waals surface area contributed by atoms with Crippen LogP contribution in [0.5, 0.6) is 0 Å². The molecule has 1 nitrogen and oxygen atoms in total. The molecule has 15 heavy (non-hydrogen) atoms. The third kappa shape index (κ3) is 2.52. The predicted octanol–water partition coefficient (Wildman–Crippen LogP) is 3.90. The van der Waals surface area contributed by atoms with Crippen molar-refractivity contribution in [1.29, 1.82) is 0 Å². The van der Waals surface area contributed by atoms with Gasteiger partial charge in [0.25, 0.3) is 0 Å². The van der Waals surface area contributed by atoms with Gasteiger partial charge in [-0.15, -0.1) is 11.6 Å². The number of alkyl halides is 1. The Kier molecular flexibility index (Phi) is 3.30. The lowest BCUT2D eigenvalue weighted by atomic mass is 9.77. The average Bonchev–Trinajstić information content (AvgIpc) is 2.23. The Morgan fingerprint density at radius 3 is 2.80 bits per heavy atom. The molecule has 1 aromatic heterocycles. The Balaban J connectivity index is 2.17. The van der Waals surface area contributed by atoms with Crippen LogP contribution < -0.4 is 0 Å². The summed E-state index contributed by atoms with van der Waals surface area (Å²) in [7, 11) is 0. The van der Waals surface area contributed by atoms with E-state index in [2.05, 4.69) is 24.0 Å². The SMILES string of the molecule is Cc1ccc(C2CC(Cl)CCC2C)cn1. The maximum Gasteiger partial charge on any atom is 0.0372 e. The van der Waals surface area contributed by atoms with Crippen molar-refractivity contribution in [2.75, 3.05) is 0 Å².